The van der Waals surface area contributed by atoms with Gasteiger partial charge in [0.25, 0.3) is 5.56 Å². The molecule has 196 valence electrons. The van der Waals surface area contributed by atoms with Gasteiger partial charge in [-0.05, 0) is 37.6 Å². The summed E-state index contributed by atoms with van der Waals surface area (Å²) in [5.41, 5.74) is 3.29. The summed E-state index contributed by atoms with van der Waals surface area (Å²) in [7, 11) is 1.66. The number of pyridine rings is 1. The number of carboxylic acid groups (broad SMARTS) is 1. The van der Waals surface area contributed by atoms with Gasteiger partial charge in [-0.2, -0.15) is 0 Å². The highest BCUT2D eigenvalue weighted by atomic mass is 35.5. The molecular formula is C28H22ClFN6O3. The Morgan fingerprint density at radius 2 is 1.72 bits per heavy atom. The summed E-state index contributed by atoms with van der Waals surface area (Å²) in [6.07, 6.45) is 2.20. The molecule has 0 bridgehead atoms. The fraction of sp³-hybridized carbons (Fsp3) is 0.143. The molecule has 0 aliphatic rings. The van der Waals surface area contributed by atoms with E-state index < -0.39 is 17.8 Å². The molecule has 5 rings (SSSR count). The van der Waals surface area contributed by atoms with Crippen molar-refractivity contribution in [2.45, 2.75) is 19.9 Å². The summed E-state index contributed by atoms with van der Waals surface area (Å²) in [5.74, 6) is -0.925. The van der Waals surface area contributed by atoms with Crippen molar-refractivity contribution in [3.63, 3.8) is 0 Å². The van der Waals surface area contributed by atoms with Gasteiger partial charge >= 0.3 is 5.97 Å². The van der Waals surface area contributed by atoms with E-state index in [4.69, 9.17) is 16.6 Å². The van der Waals surface area contributed by atoms with Crippen LogP contribution < -0.4 is 10.9 Å². The lowest BCUT2D eigenvalue weighted by molar-refractivity contribution is 0.0691. The Labute approximate surface area is 227 Å². The first-order valence-corrected chi connectivity index (χ1v) is 12.3. The molecular weight excluding hydrogens is 523 g/mol. The van der Waals surface area contributed by atoms with E-state index >= 15 is 0 Å². The number of carboxylic acids is 1. The number of hydrogen-bond acceptors (Lipinski definition) is 7. The Kier molecular flexibility index (Phi) is 6.80. The lowest BCUT2D eigenvalue weighted by Crippen LogP contribution is -2.22. The van der Waals surface area contributed by atoms with Crippen LogP contribution in [0.1, 0.15) is 34.6 Å². The van der Waals surface area contributed by atoms with Crippen molar-refractivity contribution in [2.24, 2.45) is 7.05 Å². The zero-order chi connectivity index (χ0) is 27.8. The molecule has 3 heterocycles. The molecule has 0 saturated heterocycles. The van der Waals surface area contributed by atoms with Crippen molar-refractivity contribution in [1.29, 1.82) is 0 Å². The maximum atomic E-state index is 13.5. The summed E-state index contributed by atoms with van der Waals surface area (Å²) in [6.45, 7) is 3.73. The second kappa shape index (κ2) is 10.2. The molecule has 0 radical (unpaired) electrons. The second-order valence-corrected chi connectivity index (χ2v) is 9.44. The third kappa shape index (κ3) is 5.06. The summed E-state index contributed by atoms with van der Waals surface area (Å²) in [6, 6.07) is 13.5. The highest BCUT2D eigenvalue weighted by Gasteiger charge is 2.20. The highest BCUT2D eigenvalue weighted by Crippen LogP contribution is 2.30. The molecule has 39 heavy (non-hydrogen) atoms. The molecule has 2 aromatic carbocycles. The average molecular weight is 545 g/mol. The minimum absolute atomic E-state index is 0.0680. The topological polar surface area (TPSA) is 123 Å². The lowest BCUT2D eigenvalue weighted by Gasteiger charge is -2.20. The van der Waals surface area contributed by atoms with E-state index in [0.717, 1.165) is 18.0 Å². The lowest BCUT2D eigenvalue weighted by atomic mass is 10.0. The predicted molar refractivity (Wildman–Crippen MR) is 146 cm³/mol. The van der Waals surface area contributed by atoms with Crippen molar-refractivity contribution in [2.75, 3.05) is 5.32 Å². The molecule has 2 N–H and O–H groups in total. The Balaban J connectivity index is 1.59. The minimum Gasteiger partial charge on any atom is -0.476 e. The number of fused-ring (bicyclic) bond motifs is 1. The maximum absolute atomic E-state index is 13.5. The molecule has 0 amide bonds. The van der Waals surface area contributed by atoms with Crippen LogP contribution in [0.15, 0.2) is 65.7 Å². The zero-order valence-corrected chi connectivity index (χ0v) is 21.9. The van der Waals surface area contributed by atoms with E-state index in [0.29, 0.717) is 39.2 Å². The van der Waals surface area contributed by atoms with Crippen LogP contribution >= 0.6 is 11.6 Å². The molecule has 0 unspecified atom stereocenters. The molecule has 5 aromatic rings. The number of rotatable bonds is 6. The van der Waals surface area contributed by atoms with Gasteiger partial charge < -0.3 is 10.4 Å². The van der Waals surface area contributed by atoms with Crippen LogP contribution in [0.3, 0.4) is 0 Å². The van der Waals surface area contributed by atoms with Crippen molar-refractivity contribution in [3.8, 4) is 22.8 Å². The average Bonchev–Trinajstić information content (AvgIpc) is 2.92. The van der Waals surface area contributed by atoms with E-state index in [-0.39, 0.29) is 22.1 Å². The number of aromatic carboxylic acids is 1. The Morgan fingerprint density at radius 1 is 1.05 bits per heavy atom. The smallest absolute Gasteiger partial charge is 0.356 e. The Hall–Kier alpha value is -4.70. The first-order chi connectivity index (χ1) is 18.6. The maximum Gasteiger partial charge on any atom is 0.356 e. The normalized spacial score (nSPS) is 11.9. The third-order valence-corrected chi connectivity index (χ3v) is 6.49. The van der Waals surface area contributed by atoms with Crippen molar-refractivity contribution < 1.29 is 14.3 Å². The standard InChI is InChI=1S/C28H22ClFN6O3/c1-14-10-19(15(2)33-21-8-9-22(29)34-24(21)28(38)39)23-20(11-14)27(37)36(3)26(35-23)17-6-4-16(5-7-17)25-31-12-18(30)13-32-25/h4-13,15,33H,1-3H3,(H,38,39)/t15-/m1/s1. The zero-order valence-electron chi connectivity index (χ0n) is 21.1. The van der Waals surface area contributed by atoms with Crippen molar-refractivity contribution in [3.05, 3.63) is 99.1 Å². The number of nitrogens with zero attached hydrogens (tertiary/aromatic N) is 5. The van der Waals surface area contributed by atoms with Gasteiger partial charge in [-0.3, -0.25) is 9.36 Å². The highest BCUT2D eigenvalue weighted by molar-refractivity contribution is 6.29. The van der Waals surface area contributed by atoms with E-state index in [1.54, 1.807) is 43.4 Å². The molecule has 3 aromatic heterocycles. The van der Waals surface area contributed by atoms with Gasteiger partial charge in [-0.15, -0.1) is 0 Å². The third-order valence-electron chi connectivity index (χ3n) is 6.28. The summed E-state index contributed by atoms with van der Waals surface area (Å²) < 4.78 is 14.7. The van der Waals surface area contributed by atoms with Gasteiger partial charge in [0, 0.05) is 23.7 Å². The minimum atomic E-state index is -1.22. The molecule has 1 atom stereocenters. The van der Waals surface area contributed by atoms with Crippen LogP contribution in [0.4, 0.5) is 10.1 Å². The molecule has 11 heteroatoms. The van der Waals surface area contributed by atoms with Crippen LogP contribution in [0, 0.1) is 12.7 Å². The van der Waals surface area contributed by atoms with Gasteiger partial charge in [0.2, 0.25) is 0 Å². The fourth-order valence-electron chi connectivity index (χ4n) is 4.40. The fourth-order valence-corrected chi connectivity index (χ4v) is 4.54. The largest absolute Gasteiger partial charge is 0.476 e. The summed E-state index contributed by atoms with van der Waals surface area (Å²) in [4.78, 5) is 42.0. The van der Waals surface area contributed by atoms with E-state index in [1.165, 1.54) is 10.6 Å². The molecule has 9 nitrogen and oxygen atoms in total. The van der Waals surface area contributed by atoms with E-state index in [2.05, 4.69) is 20.3 Å². The van der Waals surface area contributed by atoms with Crippen molar-refractivity contribution in [1.82, 2.24) is 24.5 Å². The SMILES string of the molecule is Cc1cc([C@@H](C)Nc2ccc(Cl)nc2C(=O)O)c2nc(-c3ccc(-c4ncc(F)cn4)cc3)n(C)c(=O)c2c1. The number of benzene rings is 2. The van der Waals surface area contributed by atoms with Crippen LogP contribution in [0.5, 0.6) is 0 Å². The van der Waals surface area contributed by atoms with E-state index in [1.807, 2.05) is 19.9 Å². The number of aryl methyl sites for hydroxylation is 1. The van der Waals surface area contributed by atoms with E-state index in [9.17, 15) is 19.1 Å². The molecule has 0 fully saturated rings. The summed E-state index contributed by atoms with van der Waals surface area (Å²) >= 11 is 5.90. The Bertz CT molecular complexity index is 1790. The first kappa shape index (κ1) is 25.9. The van der Waals surface area contributed by atoms with Crippen LogP contribution in [-0.4, -0.2) is 35.6 Å². The van der Waals surface area contributed by atoms with Crippen molar-refractivity contribution >= 4 is 34.2 Å². The number of halogens is 2. The number of carbonyl (C=O) groups is 1. The predicted octanol–water partition coefficient (Wildman–Crippen LogP) is 5.42. The first-order valence-electron chi connectivity index (χ1n) is 11.9. The number of hydrogen-bond donors (Lipinski definition) is 2. The van der Waals surface area contributed by atoms with Crippen LogP contribution in [0.2, 0.25) is 5.15 Å². The molecule has 0 aliphatic heterocycles. The van der Waals surface area contributed by atoms with Gasteiger partial charge in [0.15, 0.2) is 17.3 Å². The van der Waals surface area contributed by atoms with Gasteiger partial charge in [-0.1, -0.05) is 41.9 Å². The quantitative estimate of drug-likeness (QED) is 0.271. The number of nitrogens with one attached hydrogen (secondary N) is 1. The van der Waals surface area contributed by atoms with Crippen LogP contribution in [-0.2, 0) is 7.05 Å². The van der Waals surface area contributed by atoms with Gasteiger partial charge in [0.1, 0.15) is 11.0 Å². The molecule has 0 spiro atoms. The monoisotopic (exact) mass is 544 g/mol. The number of aromatic nitrogens is 5. The number of anilines is 1. The Morgan fingerprint density at radius 3 is 2.38 bits per heavy atom. The van der Waals surface area contributed by atoms with Gasteiger partial charge in [0.05, 0.1) is 35.0 Å². The molecule has 0 aliphatic carbocycles. The van der Waals surface area contributed by atoms with Gasteiger partial charge in [-0.25, -0.2) is 29.1 Å². The second-order valence-electron chi connectivity index (χ2n) is 9.05. The van der Waals surface area contributed by atoms with Crippen LogP contribution in [0.25, 0.3) is 33.7 Å². The molecule has 0 saturated carbocycles. The summed E-state index contributed by atoms with van der Waals surface area (Å²) in [5, 5.41) is 13.3.